The molecule has 0 radical (unpaired) electrons. The Hall–Kier alpha value is -1.52. The van der Waals surface area contributed by atoms with Crippen molar-refractivity contribution < 1.29 is 0 Å². The van der Waals surface area contributed by atoms with E-state index in [1.165, 1.54) is 5.69 Å². The highest BCUT2D eigenvalue weighted by atomic mass is 35.5. The lowest BCUT2D eigenvalue weighted by Gasteiger charge is -2.36. The van der Waals surface area contributed by atoms with Crippen molar-refractivity contribution in [3.63, 3.8) is 0 Å². The molecule has 1 fully saturated rings. The first-order valence-electron chi connectivity index (χ1n) is 6.24. The number of benzene rings is 1. The molecule has 2 heterocycles. The smallest absolute Gasteiger partial charge is 0.132 e. The summed E-state index contributed by atoms with van der Waals surface area (Å²) in [4.78, 5) is 13.0. The standard InChI is InChI=1S/C14H16N4.2ClH/c1-2-4-13(5-3-1)17-8-10-18(11-9-17)14-6-7-15-12-16-14;;/h1-7,12H,8-11H2;2*1H. The Labute approximate surface area is 131 Å². The Morgan fingerprint density at radius 3 is 2.05 bits per heavy atom. The summed E-state index contributed by atoms with van der Waals surface area (Å²) in [5.41, 5.74) is 1.31. The number of halogens is 2. The second-order valence-corrected chi connectivity index (χ2v) is 4.38. The molecule has 1 aromatic carbocycles. The molecule has 0 spiro atoms. The van der Waals surface area contributed by atoms with Gasteiger partial charge in [-0.05, 0) is 18.2 Å². The Bertz CT molecular complexity index is 440. The monoisotopic (exact) mass is 312 g/mol. The van der Waals surface area contributed by atoms with E-state index >= 15 is 0 Å². The van der Waals surface area contributed by atoms with Gasteiger partial charge in [-0.3, -0.25) is 0 Å². The summed E-state index contributed by atoms with van der Waals surface area (Å²) in [6.45, 7) is 4.08. The van der Waals surface area contributed by atoms with Gasteiger partial charge in [0.15, 0.2) is 0 Å². The minimum absolute atomic E-state index is 0. The molecule has 1 aliphatic heterocycles. The van der Waals surface area contributed by atoms with E-state index in [4.69, 9.17) is 0 Å². The van der Waals surface area contributed by atoms with Crippen LogP contribution in [-0.4, -0.2) is 36.1 Å². The molecule has 1 saturated heterocycles. The molecule has 4 nitrogen and oxygen atoms in total. The van der Waals surface area contributed by atoms with E-state index in [0.29, 0.717) is 0 Å². The predicted octanol–water partition coefficient (Wildman–Crippen LogP) is 2.65. The molecular formula is C14H18Cl2N4. The van der Waals surface area contributed by atoms with Crippen LogP contribution in [0.15, 0.2) is 48.9 Å². The van der Waals surface area contributed by atoms with Gasteiger partial charge in [0.25, 0.3) is 0 Å². The van der Waals surface area contributed by atoms with Gasteiger partial charge >= 0.3 is 0 Å². The van der Waals surface area contributed by atoms with Gasteiger partial charge in [0.1, 0.15) is 12.1 Å². The summed E-state index contributed by atoms with van der Waals surface area (Å²) in [6, 6.07) is 12.5. The third kappa shape index (κ3) is 3.74. The number of hydrogen-bond donors (Lipinski definition) is 0. The number of nitrogens with zero attached hydrogens (tertiary/aromatic N) is 4. The van der Waals surface area contributed by atoms with Gasteiger partial charge in [0.2, 0.25) is 0 Å². The van der Waals surface area contributed by atoms with E-state index in [1.807, 2.05) is 6.07 Å². The fraction of sp³-hybridized carbons (Fsp3) is 0.286. The first-order chi connectivity index (χ1) is 8.93. The highest BCUT2D eigenvalue weighted by molar-refractivity contribution is 5.85. The molecular weight excluding hydrogens is 295 g/mol. The van der Waals surface area contributed by atoms with Gasteiger partial charge in [0, 0.05) is 38.1 Å². The summed E-state index contributed by atoms with van der Waals surface area (Å²) in [5.74, 6) is 1.03. The van der Waals surface area contributed by atoms with Crippen molar-refractivity contribution in [2.24, 2.45) is 0 Å². The van der Waals surface area contributed by atoms with Crippen LogP contribution in [-0.2, 0) is 0 Å². The van der Waals surface area contributed by atoms with Crippen LogP contribution in [0.2, 0.25) is 0 Å². The lowest BCUT2D eigenvalue weighted by Crippen LogP contribution is -2.46. The molecule has 1 aliphatic rings. The van der Waals surface area contributed by atoms with Crippen LogP contribution in [0.1, 0.15) is 0 Å². The number of hydrogen-bond acceptors (Lipinski definition) is 4. The largest absolute Gasteiger partial charge is 0.368 e. The van der Waals surface area contributed by atoms with Crippen LogP contribution >= 0.6 is 24.8 Å². The van der Waals surface area contributed by atoms with Crippen LogP contribution in [0, 0.1) is 0 Å². The second kappa shape index (κ2) is 7.92. The number of aromatic nitrogens is 2. The second-order valence-electron chi connectivity index (χ2n) is 4.38. The summed E-state index contributed by atoms with van der Waals surface area (Å²) in [6.07, 6.45) is 3.41. The van der Waals surface area contributed by atoms with Crippen LogP contribution in [0.3, 0.4) is 0 Å². The Morgan fingerprint density at radius 1 is 0.800 bits per heavy atom. The van der Waals surface area contributed by atoms with Gasteiger partial charge in [0.05, 0.1) is 0 Å². The lowest BCUT2D eigenvalue weighted by atomic mass is 10.2. The molecule has 6 heteroatoms. The predicted molar refractivity (Wildman–Crippen MR) is 87.4 cm³/mol. The molecule has 108 valence electrons. The van der Waals surface area contributed by atoms with Crippen molar-refractivity contribution >= 4 is 36.3 Å². The molecule has 3 rings (SSSR count). The maximum atomic E-state index is 4.30. The zero-order valence-electron chi connectivity index (χ0n) is 11.1. The minimum Gasteiger partial charge on any atom is -0.368 e. The number of piperazine rings is 1. The molecule has 0 N–H and O–H groups in total. The molecule has 0 bridgehead atoms. The van der Waals surface area contributed by atoms with E-state index in [0.717, 1.165) is 32.0 Å². The zero-order chi connectivity index (χ0) is 12.2. The van der Waals surface area contributed by atoms with E-state index in [1.54, 1.807) is 12.5 Å². The SMILES string of the molecule is Cl.Cl.c1ccc(N2CCN(c3ccncn3)CC2)cc1. The average molecular weight is 313 g/mol. The Morgan fingerprint density at radius 2 is 1.45 bits per heavy atom. The Balaban J connectivity index is 0.000001000. The molecule has 2 aromatic rings. The van der Waals surface area contributed by atoms with E-state index in [2.05, 4.69) is 50.1 Å². The number of anilines is 2. The zero-order valence-corrected chi connectivity index (χ0v) is 12.7. The summed E-state index contributed by atoms with van der Waals surface area (Å²) < 4.78 is 0. The number of para-hydroxylation sites is 1. The highest BCUT2D eigenvalue weighted by Gasteiger charge is 2.17. The van der Waals surface area contributed by atoms with Crippen molar-refractivity contribution in [2.75, 3.05) is 36.0 Å². The molecule has 1 aromatic heterocycles. The summed E-state index contributed by atoms with van der Waals surface area (Å²) in [7, 11) is 0. The maximum absolute atomic E-state index is 4.30. The van der Waals surface area contributed by atoms with Crippen LogP contribution < -0.4 is 9.80 Å². The quantitative estimate of drug-likeness (QED) is 0.853. The Kier molecular flexibility index (Phi) is 6.55. The summed E-state index contributed by atoms with van der Waals surface area (Å²) in [5, 5.41) is 0. The molecule has 0 aliphatic carbocycles. The topological polar surface area (TPSA) is 32.3 Å². The maximum Gasteiger partial charge on any atom is 0.132 e. The summed E-state index contributed by atoms with van der Waals surface area (Å²) >= 11 is 0. The van der Waals surface area contributed by atoms with E-state index < -0.39 is 0 Å². The van der Waals surface area contributed by atoms with Crippen molar-refractivity contribution in [3.05, 3.63) is 48.9 Å². The van der Waals surface area contributed by atoms with Crippen molar-refractivity contribution in [1.82, 2.24) is 9.97 Å². The van der Waals surface area contributed by atoms with E-state index in [-0.39, 0.29) is 24.8 Å². The van der Waals surface area contributed by atoms with Crippen LogP contribution in [0.25, 0.3) is 0 Å². The molecule has 0 unspecified atom stereocenters. The molecule has 20 heavy (non-hydrogen) atoms. The fourth-order valence-corrected chi connectivity index (χ4v) is 2.30. The third-order valence-corrected chi connectivity index (χ3v) is 3.29. The van der Waals surface area contributed by atoms with E-state index in [9.17, 15) is 0 Å². The highest BCUT2D eigenvalue weighted by Crippen LogP contribution is 2.18. The number of rotatable bonds is 2. The first kappa shape index (κ1) is 16.5. The normalized spacial score (nSPS) is 14.2. The van der Waals surface area contributed by atoms with Gasteiger partial charge in [-0.1, -0.05) is 18.2 Å². The van der Waals surface area contributed by atoms with Gasteiger partial charge in [-0.2, -0.15) is 0 Å². The molecule has 0 atom stereocenters. The molecule has 0 saturated carbocycles. The van der Waals surface area contributed by atoms with Crippen molar-refractivity contribution in [3.8, 4) is 0 Å². The van der Waals surface area contributed by atoms with Gasteiger partial charge in [-0.25, -0.2) is 9.97 Å². The molecule has 0 amide bonds. The lowest BCUT2D eigenvalue weighted by molar-refractivity contribution is 0.647. The average Bonchev–Trinajstić information content (AvgIpc) is 2.49. The van der Waals surface area contributed by atoms with Crippen molar-refractivity contribution in [2.45, 2.75) is 0 Å². The van der Waals surface area contributed by atoms with Gasteiger partial charge in [-0.15, -0.1) is 24.8 Å². The van der Waals surface area contributed by atoms with Gasteiger partial charge < -0.3 is 9.80 Å². The van der Waals surface area contributed by atoms with Crippen LogP contribution in [0.5, 0.6) is 0 Å². The van der Waals surface area contributed by atoms with Crippen LogP contribution in [0.4, 0.5) is 11.5 Å². The minimum atomic E-state index is 0. The third-order valence-electron chi connectivity index (χ3n) is 3.29. The fourth-order valence-electron chi connectivity index (χ4n) is 2.30. The first-order valence-corrected chi connectivity index (χ1v) is 6.24. The van der Waals surface area contributed by atoms with Crippen molar-refractivity contribution in [1.29, 1.82) is 0 Å².